The number of hydrogen-bond acceptors (Lipinski definition) is 7. The highest BCUT2D eigenvalue weighted by Crippen LogP contribution is 2.14. The number of nitrogens with zero attached hydrogens (tertiary/aromatic N) is 4. The number of ether oxygens (including phenoxy) is 3. The minimum atomic E-state index is -0.934. The molecule has 0 saturated heterocycles. The minimum Gasteiger partial charge on any atom is -0.481 e. The van der Waals surface area contributed by atoms with Gasteiger partial charge in [-0.05, 0) is 50.6 Å². The lowest BCUT2D eigenvalue weighted by molar-refractivity contribution is -0.124. The van der Waals surface area contributed by atoms with Crippen LogP contribution in [-0.2, 0) is 20.8 Å². The third-order valence-corrected chi connectivity index (χ3v) is 5.64. The second-order valence-corrected chi connectivity index (χ2v) is 8.21. The van der Waals surface area contributed by atoms with Crippen LogP contribution in [0.25, 0.3) is 16.7 Å². The van der Waals surface area contributed by atoms with E-state index in [0.717, 1.165) is 0 Å². The molecule has 0 aliphatic carbocycles. The molecule has 37 heavy (non-hydrogen) atoms. The Hall–Kier alpha value is -4.31. The standard InChI is InChI=1S/C27H28N4O6/c1-4-36-27(34)21-17-20-23(28-22-13-8-9-14-30(22)26(20)33)31(15-10-16-35-3)24(21)29-25(32)18(2)37-19-11-6-5-7-12-19/h5-9,11-14,17-18H,4,10,15-16H2,1-3H3/t18-/m0/s1. The largest absolute Gasteiger partial charge is 0.481 e. The molecule has 1 amide bonds. The number of carbonyl (C=O) groups excluding carboxylic acids is 2. The maximum atomic E-state index is 13.4. The van der Waals surface area contributed by atoms with Crippen molar-refractivity contribution in [3.63, 3.8) is 0 Å². The van der Waals surface area contributed by atoms with Crippen LogP contribution < -0.4 is 15.8 Å². The minimum absolute atomic E-state index is 0.0122. The van der Waals surface area contributed by atoms with Gasteiger partial charge in [0.2, 0.25) is 0 Å². The topological polar surface area (TPSA) is 113 Å². The van der Waals surface area contributed by atoms with Crippen molar-refractivity contribution in [3.8, 4) is 5.75 Å². The molecule has 3 heterocycles. The van der Waals surface area contributed by atoms with Crippen LogP contribution >= 0.6 is 0 Å². The van der Waals surface area contributed by atoms with E-state index < -0.39 is 18.0 Å². The van der Waals surface area contributed by atoms with Gasteiger partial charge in [-0.2, -0.15) is 4.99 Å². The van der Waals surface area contributed by atoms with Crippen molar-refractivity contribution in [2.75, 3.05) is 20.3 Å². The summed E-state index contributed by atoms with van der Waals surface area (Å²) in [5.74, 6) is -0.797. The quantitative estimate of drug-likeness (QED) is 0.196. The number of amides is 1. The number of hydrogen-bond donors (Lipinski definition) is 0. The summed E-state index contributed by atoms with van der Waals surface area (Å²) in [4.78, 5) is 48.5. The number of rotatable bonds is 9. The number of pyridine rings is 2. The molecule has 4 aromatic rings. The molecule has 0 unspecified atom stereocenters. The zero-order valence-electron chi connectivity index (χ0n) is 20.9. The van der Waals surface area contributed by atoms with Gasteiger partial charge in [0.05, 0.1) is 12.0 Å². The van der Waals surface area contributed by atoms with Crippen LogP contribution in [0.2, 0.25) is 0 Å². The van der Waals surface area contributed by atoms with Gasteiger partial charge in [0, 0.05) is 26.5 Å². The molecule has 3 aromatic heterocycles. The van der Waals surface area contributed by atoms with Gasteiger partial charge in [-0.25, -0.2) is 9.78 Å². The molecule has 0 radical (unpaired) electrons. The zero-order valence-corrected chi connectivity index (χ0v) is 20.9. The normalized spacial score (nSPS) is 12.6. The molecule has 0 spiro atoms. The van der Waals surface area contributed by atoms with Gasteiger partial charge in [0.15, 0.2) is 11.6 Å². The Balaban J connectivity index is 1.97. The third-order valence-electron chi connectivity index (χ3n) is 5.64. The predicted molar refractivity (Wildman–Crippen MR) is 137 cm³/mol. The van der Waals surface area contributed by atoms with Crippen LogP contribution in [0.1, 0.15) is 30.6 Å². The van der Waals surface area contributed by atoms with Crippen LogP contribution in [0.4, 0.5) is 0 Å². The molecule has 0 aliphatic rings. The molecule has 0 N–H and O–H groups in total. The van der Waals surface area contributed by atoms with Crippen LogP contribution in [-0.4, -0.2) is 52.3 Å². The molecule has 192 valence electrons. The van der Waals surface area contributed by atoms with E-state index in [2.05, 4.69) is 9.98 Å². The summed E-state index contributed by atoms with van der Waals surface area (Å²) < 4.78 is 19.2. The number of para-hydroxylation sites is 1. The first-order valence-electron chi connectivity index (χ1n) is 12.0. The second kappa shape index (κ2) is 11.6. The summed E-state index contributed by atoms with van der Waals surface area (Å²) in [7, 11) is 1.58. The molecular weight excluding hydrogens is 476 g/mol. The van der Waals surface area contributed by atoms with E-state index in [4.69, 9.17) is 14.2 Å². The molecule has 4 rings (SSSR count). The van der Waals surface area contributed by atoms with Gasteiger partial charge in [-0.1, -0.05) is 24.3 Å². The maximum Gasteiger partial charge on any atom is 0.341 e. The van der Waals surface area contributed by atoms with Gasteiger partial charge in [0.25, 0.3) is 11.5 Å². The van der Waals surface area contributed by atoms with Crippen LogP contribution in [0, 0.1) is 0 Å². The Labute approximate surface area is 212 Å². The second-order valence-electron chi connectivity index (χ2n) is 8.21. The van der Waals surface area contributed by atoms with Gasteiger partial charge in [0.1, 0.15) is 22.6 Å². The highest BCUT2D eigenvalue weighted by molar-refractivity contribution is 5.94. The van der Waals surface area contributed by atoms with Crippen molar-refractivity contribution >= 4 is 28.6 Å². The molecule has 10 nitrogen and oxygen atoms in total. The molecule has 0 aliphatic heterocycles. The maximum absolute atomic E-state index is 13.4. The average molecular weight is 505 g/mol. The predicted octanol–water partition coefficient (Wildman–Crippen LogP) is 2.76. The Kier molecular flexibility index (Phi) is 8.09. The summed E-state index contributed by atoms with van der Waals surface area (Å²) >= 11 is 0. The van der Waals surface area contributed by atoms with Crippen LogP contribution in [0.3, 0.4) is 0 Å². The Morgan fingerprint density at radius 2 is 1.86 bits per heavy atom. The van der Waals surface area contributed by atoms with E-state index in [9.17, 15) is 14.4 Å². The summed E-state index contributed by atoms with van der Waals surface area (Å²) in [5, 5.41) is 0.198. The molecule has 0 fully saturated rings. The lowest BCUT2D eigenvalue weighted by Crippen LogP contribution is -2.34. The van der Waals surface area contributed by atoms with Gasteiger partial charge < -0.3 is 18.8 Å². The van der Waals surface area contributed by atoms with Crippen molar-refractivity contribution in [3.05, 3.63) is 82.2 Å². The number of aryl methyl sites for hydroxylation is 1. The fourth-order valence-corrected chi connectivity index (χ4v) is 3.89. The van der Waals surface area contributed by atoms with Crippen molar-refractivity contribution in [1.29, 1.82) is 0 Å². The SMILES string of the molecule is CCOC(=O)c1cc2c(=O)n3ccccc3nc2n(CCCOC)c1=NC(=O)[C@H](C)Oc1ccccc1. The molecule has 10 heteroatoms. The first-order chi connectivity index (χ1) is 17.9. The first kappa shape index (κ1) is 25.8. The van der Waals surface area contributed by atoms with Gasteiger partial charge in [-0.3, -0.25) is 14.0 Å². The molecular formula is C27H28N4O6. The fraction of sp³-hybridized carbons (Fsp3) is 0.296. The van der Waals surface area contributed by atoms with Crippen LogP contribution in [0.5, 0.6) is 5.75 Å². The van der Waals surface area contributed by atoms with Gasteiger partial charge in [-0.15, -0.1) is 0 Å². The lowest BCUT2D eigenvalue weighted by Gasteiger charge is -2.16. The molecule has 1 aromatic carbocycles. The summed E-state index contributed by atoms with van der Waals surface area (Å²) in [6.07, 6.45) is 1.19. The number of fused-ring (bicyclic) bond motifs is 2. The highest BCUT2D eigenvalue weighted by atomic mass is 16.5. The Morgan fingerprint density at radius 3 is 2.59 bits per heavy atom. The Bertz CT molecular complexity index is 1560. The number of carbonyl (C=O) groups is 2. The summed E-state index contributed by atoms with van der Waals surface area (Å²) in [6, 6.07) is 15.5. The molecule has 1 atom stereocenters. The van der Waals surface area contributed by atoms with E-state index in [0.29, 0.717) is 30.1 Å². The van der Waals surface area contributed by atoms with Crippen molar-refractivity contribution in [1.82, 2.24) is 14.0 Å². The zero-order chi connectivity index (χ0) is 26.4. The lowest BCUT2D eigenvalue weighted by atomic mass is 10.2. The monoisotopic (exact) mass is 504 g/mol. The number of esters is 1. The van der Waals surface area contributed by atoms with Crippen molar-refractivity contribution in [2.45, 2.75) is 32.9 Å². The number of benzene rings is 1. The smallest absolute Gasteiger partial charge is 0.341 e. The van der Waals surface area contributed by atoms with E-state index >= 15 is 0 Å². The van der Waals surface area contributed by atoms with Gasteiger partial charge >= 0.3 is 5.97 Å². The average Bonchev–Trinajstić information content (AvgIpc) is 2.90. The van der Waals surface area contributed by atoms with E-state index in [1.807, 2.05) is 6.07 Å². The molecule has 0 bridgehead atoms. The number of methoxy groups -OCH3 is 1. The Morgan fingerprint density at radius 1 is 1.11 bits per heavy atom. The summed E-state index contributed by atoms with van der Waals surface area (Å²) in [5.41, 5.74) is 0.390. The van der Waals surface area contributed by atoms with E-state index in [1.165, 1.54) is 10.5 Å². The van der Waals surface area contributed by atoms with E-state index in [-0.39, 0.29) is 35.1 Å². The van der Waals surface area contributed by atoms with Crippen molar-refractivity contribution in [2.24, 2.45) is 4.99 Å². The van der Waals surface area contributed by atoms with Crippen molar-refractivity contribution < 1.29 is 23.8 Å². The molecule has 0 saturated carbocycles. The fourth-order valence-electron chi connectivity index (χ4n) is 3.89. The summed E-state index contributed by atoms with van der Waals surface area (Å²) in [6.45, 7) is 4.06. The van der Waals surface area contributed by atoms with E-state index in [1.54, 1.807) is 74.2 Å². The van der Waals surface area contributed by atoms with Crippen LogP contribution in [0.15, 0.2) is 70.6 Å². The number of aromatic nitrogens is 3. The first-order valence-corrected chi connectivity index (χ1v) is 12.0. The third kappa shape index (κ3) is 5.59. The highest BCUT2D eigenvalue weighted by Gasteiger charge is 2.21.